The second kappa shape index (κ2) is 11.1. The van der Waals surface area contributed by atoms with Crippen LogP contribution in [0.15, 0.2) is 0 Å². The first-order chi connectivity index (χ1) is 8.07. The molecule has 1 fully saturated rings. The molecular formula is C16H35N. The van der Waals surface area contributed by atoms with Gasteiger partial charge in [0.2, 0.25) is 0 Å². The molecule has 104 valence electrons. The third-order valence-electron chi connectivity index (χ3n) is 3.72. The number of nitrogens with zero attached hydrogens (tertiary/aromatic N) is 1. The zero-order valence-electron chi connectivity index (χ0n) is 13.0. The summed E-state index contributed by atoms with van der Waals surface area (Å²) >= 11 is 0. The Kier molecular flexibility index (Phi) is 11.0. The lowest BCUT2D eigenvalue weighted by molar-refractivity contribution is 0.236. The van der Waals surface area contributed by atoms with Crippen LogP contribution >= 0.6 is 0 Å². The van der Waals surface area contributed by atoms with Gasteiger partial charge >= 0.3 is 0 Å². The first kappa shape index (κ1) is 17.0. The minimum atomic E-state index is 1.02. The number of unbranched alkanes of at least 4 members (excludes halogenated alkanes) is 3. The summed E-state index contributed by atoms with van der Waals surface area (Å²) in [7, 11) is 6.00. The predicted octanol–water partition coefficient (Wildman–Crippen LogP) is 4.96. The van der Waals surface area contributed by atoms with Gasteiger partial charge in [-0.2, -0.15) is 0 Å². The molecule has 2 atom stereocenters. The summed E-state index contributed by atoms with van der Waals surface area (Å²) in [5.74, 6) is 2.10. The molecule has 0 amide bonds. The van der Waals surface area contributed by atoms with Gasteiger partial charge in [-0.3, -0.25) is 0 Å². The highest BCUT2D eigenvalue weighted by Gasteiger charge is 2.20. The van der Waals surface area contributed by atoms with E-state index in [4.69, 9.17) is 0 Å². The molecule has 0 aromatic carbocycles. The smallest absolute Gasteiger partial charge is 0.0140 e. The van der Waals surface area contributed by atoms with Crippen LogP contribution < -0.4 is 0 Å². The largest absolute Gasteiger partial charge is 0.312 e. The minimum absolute atomic E-state index is 1.02. The van der Waals surface area contributed by atoms with Crippen molar-refractivity contribution in [2.75, 3.05) is 21.1 Å². The third-order valence-corrected chi connectivity index (χ3v) is 3.72. The molecule has 1 rings (SSSR count). The van der Waals surface area contributed by atoms with Gasteiger partial charge in [-0.15, -0.1) is 0 Å². The zero-order chi connectivity index (χ0) is 13.1. The van der Waals surface area contributed by atoms with Crippen molar-refractivity contribution in [2.24, 2.45) is 11.8 Å². The van der Waals surface area contributed by atoms with Crippen LogP contribution in [0, 0.1) is 11.8 Å². The normalized spacial score (nSPS) is 24.4. The summed E-state index contributed by atoms with van der Waals surface area (Å²) in [6.07, 6.45) is 13.3. The van der Waals surface area contributed by atoms with E-state index in [2.05, 4.69) is 13.8 Å². The van der Waals surface area contributed by atoms with Crippen LogP contribution in [0.25, 0.3) is 0 Å². The summed E-state index contributed by atoms with van der Waals surface area (Å²) in [5.41, 5.74) is 0. The van der Waals surface area contributed by atoms with E-state index in [1.54, 1.807) is 0 Å². The van der Waals surface area contributed by atoms with Crippen molar-refractivity contribution >= 4 is 0 Å². The van der Waals surface area contributed by atoms with Crippen LogP contribution in [-0.4, -0.2) is 26.0 Å². The molecule has 17 heavy (non-hydrogen) atoms. The standard InChI is InChI=1S/C13H26.C3H9N/c1-3-4-5-6-10-13-11-8-7-9-12(13)2;1-4(2)3/h12-13H,3-11H2,1-2H3;1-3H3. The van der Waals surface area contributed by atoms with Crippen molar-refractivity contribution in [2.45, 2.75) is 71.6 Å². The first-order valence-electron chi connectivity index (χ1n) is 7.68. The average molecular weight is 241 g/mol. The van der Waals surface area contributed by atoms with E-state index in [1.807, 2.05) is 26.0 Å². The quantitative estimate of drug-likeness (QED) is 0.615. The molecule has 1 aliphatic carbocycles. The van der Waals surface area contributed by atoms with E-state index in [9.17, 15) is 0 Å². The number of rotatable bonds is 5. The van der Waals surface area contributed by atoms with Crippen LogP contribution in [0.5, 0.6) is 0 Å². The van der Waals surface area contributed by atoms with Crippen LogP contribution in [0.4, 0.5) is 0 Å². The molecule has 1 saturated carbocycles. The van der Waals surface area contributed by atoms with Crippen LogP contribution in [0.3, 0.4) is 0 Å². The van der Waals surface area contributed by atoms with Gasteiger partial charge in [-0.25, -0.2) is 0 Å². The van der Waals surface area contributed by atoms with Crippen molar-refractivity contribution in [1.29, 1.82) is 0 Å². The lowest BCUT2D eigenvalue weighted by atomic mass is 9.78. The molecule has 0 N–H and O–H groups in total. The Morgan fingerprint density at radius 2 is 1.53 bits per heavy atom. The molecule has 1 heteroatoms. The molecule has 2 unspecified atom stereocenters. The topological polar surface area (TPSA) is 3.24 Å². The fourth-order valence-corrected chi connectivity index (χ4v) is 2.66. The van der Waals surface area contributed by atoms with Gasteiger partial charge in [0.1, 0.15) is 0 Å². The van der Waals surface area contributed by atoms with Crippen molar-refractivity contribution in [1.82, 2.24) is 4.90 Å². The summed E-state index contributed by atoms with van der Waals surface area (Å²) in [4.78, 5) is 2.00. The molecule has 0 aliphatic heterocycles. The van der Waals surface area contributed by atoms with Gasteiger partial charge in [0.05, 0.1) is 0 Å². The second-order valence-electron chi connectivity index (χ2n) is 6.21. The Labute approximate surface area is 110 Å². The highest BCUT2D eigenvalue weighted by atomic mass is 15.0. The van der Waals surface area contributed by atoms with Crippen LogP contribution in [0.2, 0.25) is 0 Å². The Bertz CT molecular complexity index is 151. The van der Waals surface area contributed by atoms with Crippen LogP contribution in [-0.2, 0) is 0 Å². The predicted molar refractivity (Wildman–Crippen MR) is 79.5 cm³/mol. The maximum Gasteiger partial charge on any atom is -0.0140 e. The molecule has 0 radical (unpaired) electrons. The molecule has 1 nitrogen and oxygen atoms in total. The molecule has 0 spiro atoms. The summed E-state index contributed by atoms with van der Waals surface area (Å²) in [5, 5.41) is 0. The van der Waals surface area contributed by atoms with E-state index >= 15 is 0 Å². The first-order valence-corrected chi connectivity index (χ1v) is 7.68. The molecule has 0 heterocycles. The Balaban J connectivity index is 0.000000557. The number of hydrogen-bond acceptors (Lipinski definition) is 1. The SMILES string of the molecule is CCCCCCC1CCCCC1C.CN(C)C. The summed E-state index contributed by atoms with van der Waals surface area (Å²) in [6, 6.07) is 0. The molecule has 1 aliphatic rings. The molecule has 0 saturated heterocycles. The van der Waals surface area contributed by atoms with Crippen molar-refractivity contribution in [3.05, 3.63) is 0 Å². The summed E-state index contributed by atoms with van der Waals surface area (Å²) in [6.45, 7) is 4.76. The fraction of sp³-hybridized carbons (Fsp3) is 1.00. The lowest BCUT2D eigenvalue weighted by Gasteiger charge is -2.28. The molecule has 0 aromatic rings. The number of hydrogen-bond donors (Lipinski definition) is 0. The third kappa shape index (κ3) is 10.8. The van der Waals surface area contributed by atoms with Gasteiger partial charge in [-0.1, -0.05) is 71.6 Å². The van der Waals surface area contributed by atoms with E-state index in [0.717, 1.165) is 11.8 Å². The van der Waals surface area contributed by atoms with E-state index < -0.39 is 0 Å². The summed E-state index contributed by atoms with van der Waals surface area (Å²) < 4.78 is 0. The Morgan fingerprint density at radius 3 is 2.06 bits per heavy atom. The molecule has 0 aromatic heterocycles. The fourth-order valence-electron chi connectivity index (χ4n) is 2.66. The second-order valence-corrected chi connectivity index (χ2v) is 6.21. The van der Waals surface area contributed by atoms with Gasteiger partial charge < -0.3 is 4.90 Å². The Hall–Kier alpha value is -0.0400. The zero-order valence-corrected chi connectivity index (χ0v) is 13.0. The van der Waals surface area contributed by atoms with Crippen LogP contribution in [0.1, 0.15) is 71.6 Å². The van der Waals surface area contributed by atoms with Crippen molar-refractivity contribution in [3.8, 4) is 0 Å². The van der Waals surface area contributed by atoms with Crippen molar-refractivity contribution < 1.29 is 0 Å². The maximum absolute atomic E-state index is 2.46. The Morgan fingerprint density at radius 1 is 0.941 bits per heavy atom. The van der Waals surface area contributed by atoms with Gasteiger partial charge in [-0.05, 0) is 33.0 Å². The van der Waals surface area contributed by atoms with Gasteiger partial charge in [0, 0.05) is 0 Å². The highest BCUT2D eigenvalue weighted by molar-refractivity contribution is 4.71. The van der Waals surface area contributed by atoms with E-state index in [-0.39, 0.29) is 0 Å². The van der Waals surface area contributed by atoms with E-state index in [1.165, 1.54) is 57.8 Å². The molecular weight excluding hydrogens is 206 g/mol. The van der Waals surface area contributed by atoms with Gasteiger partial charge in [0.25, 0.3) is 0 Å². The molecule has 0 bridgehead atoms. The van der Waals surface area contributed by atoms with Gasteiger partial charge in [0.15, 0.2) is 0 Å². The maximum atomic E-state index is 2.46. The van der Waals surface area contributed by atoms with Crippen molar-refractivity contribution in [3.63, 3.8) is 0 Å². The minimum Gasteiger partial charge on any atom is -0.312 e. The van der Waals surface area contributed by atoms with E-state index in [0.29, 0.717) is 0 Å². The highest BCUT2D eigenvalue weighted by Crippen LogP contribution is 2.33. The average Bonchev–Trinajstić information content (AvgIpc) is 2.26. The lowest BCUT2D eigenvalue weighted by Crippen LogP contribution is -2.16. The monoisotopic (exact) mass is 241 g/mol.